The standard InChI is InChI=1S/C26H26F3N3O4/c1-13(30)24(35)36-25(2,3)21-12-18(23(34)32-21)14-8-9-15-11-20(31-22(33)17(15)10-14)16-6-4-5-7-19(16)26(27,28)29/h4-11,13,18,21H,12,30H2,1-3H3,(H,31,33)(H,32,34)/t13-,18-,21?/m0/s1. The van der Waals surface area contributed by atoms with E-state index in [1.54, 1.807) is 32.0 Å². The van der Waals surface area contributed by atoms with Crippen LogP contribution in [0.2, 0.25) is 0 Å². The van der Waals surface area contributed by atoms with Crippen LogP contribution >= 0.6 is 0 Å². The Kier molecular flexibility index (Phi) is 6.42. The highest BCUT2D eigenvalue weighted by molar-refractivity contribution is 5.90. The summed E-state index contributed by atoms with van der Waals surface area (Å²) in [5.41, 5.74) is 3.65. The minimum absolute atomic E-state index is 0.0459. The summed E-state index contributed by atoms with van der Waals surface area (Å²) in [4.78, 5) is 40.2. The summed E-state index contributed by atoms with van der Waals surface area (Å²) in [6.45, 7) is 4.88. The first kappa shape index (κ1) is 25.4. The second kappa shape index (κ2) is 9.09. The molecule has 0 saturated carbocycles. The number of H-pyrrole nitrogens is 1. The van der Waals surface area contributed by atoms with Gasteiger partial charge in [-0.3, -0.25) is 14.4 Å². The lowest BCUT2D eigenvalue weighted by atomic mass is 9.89. The highest BCUT2D eigenvalue weighted by atomic mass is 19.4. The van der Waals surface area contributed by atoms with Gasteiger partial charge in [-0.15, -0.1) is 0 Å². The van der Waals surface area contributed by atoms with Gasteiger partial charge in [0.15, 0.2) is 0 Å². The van der Waals surface area contributed by atoms with Crippen molar-refractivity contribution < 1.29 is 27.5 Å². The van der Waals surface area contributed by atoms with Crippen LogP contribution in [0.15, 0.2) is 53.3 Å². The van der Waals surface area contributed by atoms with Crippen LogP contribution in [0.4, 0.5) is 13.2 Å². The van der Waals surface area contributed by atoms with Gasteiger partial charge in [-0.25, -0.2) is 0 Å². The number of benzene rings is 2. The Balaban J connectivity index is 1.65. The summed E-state index contributed by atoms with van der Waals surface area (Å²) in [6.07, 6.45) is -4.26. The summed E-state index contributed by atoms with van der Waals surface area (Å²) in [7, 11) is 0. The lowest BCUT2D eigenvalue weighted by Crippen LogP contribution is -2.49. The zero-order chi connectivity index (χ0) is 26.4. The van der Waals surface area contributed by atoms with Crippen LogP contribution in [0, 0.1) is 0 Å². The van der Waals surface area contributed by atoms with Crippen LogP contribution in [-0.4, -0.2) is 34.5 Å². The predicted octanol–water partition coefficient (Wildman–Crippen LogP) is 3.86. The van der Waals surface area contributed by atoms with Crippen LogP contribution in [0.1, 0.15) is 44.2 Å². The van der Waals surface area contributed by atoms with Gasteiger partial charge in [0, 0.05) is 16.6 Å². The van der Waals surface area contributed by atoms with Crippen molar-refractivity contribution in [3.05, 3.63) is 70.0 Å². The van der Waals surface area contributed by atoms with Crippen LogP contribution < -0.4 is 16.6 Å². The van der Waals surface area contributed by atoms with Gasteiger partial charge in [0.2, 0.25) is 5.91 Å². The maximum Gasteiger partial charge on any atom is 0.417 e. The number of carbonyl (C=O) groups is 2. The smallest absolute Gasteiger partial charge is 0.417 e. The van der Waals surface area contributed by atoms with Gasteiger partial charge in [0.25, 0.3) is 5.56 Å². The minimum Gasteiger partial charge on any atom is -0.456 e. The molecule has 0 radical (unpaired) electrons. The number of rotatable bonds is 5. The third kappa shape index (κ3) is 4.86. The van der Waals surface area contributed by atoms with E-state index < -0.39 is 46.9 Å². The highest BCUT2D eigenvalue weighted by Gasteiger charge is 2.44. The van der Waals surface area contributed by atoms with Crippen molar-refractivity contribution >= 4 is 22.6 Å². The Morgan fingerprint density at radius 1 is 1.11 bits per heavy atom. The second-order valence-corrected chi connectivity index (χ2v) is 9.56. The fraction of sp³-hybridized carbons (Fsp3) is 0.346. The van der Waals surface area contributed by atoms with Crippen LogP contribution in [-0.2, 0) is 20.5 Å². The van der Waals surface area contributed by atoms with E-state index in [0.29, 0.717) is 17.4 Å². The molecule has 3 atom stereocenters. The van der Waals surface area contributed by atoms with Gasteiger partial charge in [0.1, 0.15) is 11.6 Å². The first-order chi connectivity index (χ1) is 16.8. The molecule has 2 aromatic carbocycles. The van der Waals surface area contributed by atoms with Crippen molar-refractivity contribution in [2.24, 2.45) is 5.73 Å². The van der Waals surface area contributed by atoms with Crippen molar-refractivity contribution in [3.8, 4) is 11.3 Å². The number of halogens is 3. The average molecular weight is 502 g/mol. The van der Waals surface area contributed by atoms with Gasteiger partial charge in [-0.1, -0.05) is 30.3 Å². The first-order valence-electron chi connectivity index (χ1n) is 11.4. The van der Waals surface area contributed by atoms with Crippen molar-refractivity contribution in [2.45, 2.75) is 57.0 Å². The molecule has 3 aromatic rings. The van der Waals surface area contributed by atoms with E-state index in [2.05, 4.69) is 10.3 Å². The Morgan fingerprint density at radius 2 is 1.81 bits per heavy atom. The molecule has 36 heavy (non-hydrogen) atoms. The fourth-order valence-electron chi connectivity index (χ4n) is 4.45. The topological polar surface area (TPSA) is 114 Å². The lowest BCUT2D eigenvalue weighted by molar-refractivity contribution is -0.160. The Bertz CT molecular complexity index is 1400. The van der Waals surface area contributed by atoms with Gasteiger partial charge in [-0.05, 0) is 56.3 Å². The third-order valence-corrected chi connectivity index (χ3v) is 6.47. The maximum atomic E-state index is 13.5. The summed E-state index contributed by atoms with van der Waals surface area (Å²) in [5.74, 6) is -1.47. The Morgan fingerprint density at radius 3 is 2.47 bits per heavy atom. The molecular formula is C26H26F3N3O4. The van der Waals surface area contributed by atoms with E-state index in [9.17, 15) is 27.6 Å². The number of hydrogen-bond donors (Lipinski definition) is 3. The molecule has 0 bridgehead atoms. The molecule has 0 spiro atoms. The first-order valence-corrected chi connectivity index (χ1v) is 11.4. The number of nitrogens with one attached hydrogen (secondary N) is 2. The molecule has 1 fully saturated rings. The largest absolute Gasteiger partial charge is 0.456 e. The molecule has 0 aliphatic carbocycles. The van der Waals surface area contributed by atoms with E-state index in [-0.39, 0.29) is 22.6 Å². The zero-order valence-electron chi connectivity index (χ0n) is 19.9. The number of pyridine rings is 1. The Hall–Kier alpha value is -3.66. The van der Waals surface area contributed by atoms with E-state index >= 15 is 0 Å². The number of aromatic amines is 1. The molecule has 1 aliphatic rings. The van der Waals surface area contributed by atoms with Crippen molar-refractivity contribution in [1.29, 1.82) is 0 Å². The molecule has 4 rings (SSSR count). The number of fused-ring (bicyclic) bond motifs is 1. The zero-order valence-corrected chi connectivity index (χ0v) is 19.9. The number of nitrogens with two attached hydrogens (primary N) is 1. The monoisotopic (exact) mass is 501 g/mol. The van der Waals surface area contributed by atoms with Crippen molar-refractivity contribution in [3.63, 3.8) is 0 Å². The predicted molar refractivity (Wildman–Crippen MR) is 128 cm³/mol. The number of ether oxygens (including phenoxy) is 1. The van der Waals surface area contributed by atoms with E-state index in [0.717, 1.165) is 6.07 Å². The van der Waals surface area contributed by atoms with E-state index in [1.807, 2.05) is 0 Å². The van der Waals surface area contributed by atoms with Crippen LogP contribution in [0.3, 0.4) is 0 Å². The molecular weight excluding hydrogens is 475 g/mol. The SMILES string of the molecule is C[C@H](N)C(=O)OC(C)(C)C1C[C@@H](c2ccc3cc(-c4ccccc4C(F)(F)F)[nH]c(=O)c3c2)C(=O)N1. The van der Waals surface area contributed by atoms with Crippen molar-refractivity contribution in [1.82, 2.24) is 10.3 Å². The van der Waals surface area contributed by atoms with Gasteiger partial charge in [-0.2, -0.15) is 13.2 Å². The van der Waals surface area contributed by atoms with Gasteiger partial charge < -0.3 is 20.8 Å². The lowest BCUT2D eigenvalue weighted by Gasteiger charge is -2.31. The van der Waals surface area contributed by atoms with Gasteiger partial charge in [0.05, 0.1) is 17.5 Å². The van der Waals surface area contributed by atoms with Crippen LogP contribution in [0.25, 0.3) is 22.0 Å². The summed E-state index contributed by atoms with van der Waals surface area (Å²) < 4.78 is 45.9. The van der Waals surface area contributed by atoms with E-state index in [1.165, 1.54) is 31.2 Å². The number of esters is 1. The molecule has 1 unspecified atom stereocenters. The van der Waals surface area contributed by atoms with E-state index in [4.69, 9.17) is 10.5 Å². The molecule has 1 aromatic heterocycles. The molecule has 2 heterocycles. The Labute approximate surface area is 204 Å². The summed E-state index contributed by atoms with van der Waals surface area (Å²) in [6, 6.07) is 10.1. The van der Waals surface area contributed by atoms with Crippen LogP contribution in [0.5, 0.6) is 0 Å². The molecule has 7 nitrogen and oxygen atoms in total. The number of carbonyl (C=O) groups excluding carboxylic acids is 2. The number of amides is 1. The molecule has 10 heteroatoms. The molecule has 190 valence electrons. The highest BCUT2D eigenvalue weighted by Crippen LogP contribution is 2.37. The summed E-state index contributed by atoms with van der Waals surface area (Å²) >= 11 is 0. The maximum absolute atomic E-state index is 13.5. The summed E-state index contributed by atoms with van der Waals surface area (Å²) in [5, 5.41) is 3.54. The molecule has 1 saturated heterocycles. The quantitative estimate of drug-likeness (QED) is 0.460. The van der Waals surface area contributed by atoms with Gasteiger partial charge >= 0.3 is 12.1 Å². The number of aromatic nitrogens is 1. The normalized spacial score (nSPS) is 19.2. The molecule has 1 amide bonds. The third-order valence-electron chi connectivity index (χ3n) is 6.47. The number of alkyl halides is 3. The second-order valence-electron chi connectivity index (χ2n) is 9.56. The number of hydrogen-bond acceptors (Lipinski definition) is 5. The molecule has 1 aliphatic heterocycles. The van der Waals surface area contributed by atoms with Crippen molar-refractivity contribution in [2.75, 3.05) is 0 Å². The minimum atomic E-state index is -4.58. The molecule has 4 N–H and O–H groups in total. The average Bonchev–Trinajstić information content (AvgIpc) is 3.20. The fourth-order valence-corrected chi connectivity index (χ4v) is 4.45.